The Morgan fingerprint density at radius 1 is 1.11 bits per heavy atom. The van der Waals surface area contributed by atoms with Crippen molar-refractivity contribution in [2.75, 3.05) is 6.61 Å². The zero-order valence-electron chi connectivity index (χ0n) is 10.3. The lowest BCUT2D eigenvalue weighted by molar-refractivity contribution is 0.103. The third kappa shape index (κ3) is 3.09. The number of benzene rings is 2. The fourth-order valence-corrected chi connectivity index (χ4v) is 2.25. The van der Waals surface area contributed by atoms with Crippen molar-refractivity contribution in [3.8, 4) is 5.75 Å². The Labute approximate surface area is 121 Å². The van der Waals surface area contributed by atoms with Gasteiger partial charge in [0.1, 0.15) is 5.75 Å². The van der Waals surface area contributed by atoms with E-state index in [9.17, 15) is 4.79 Å². The molecule has 0 amide bonds. The molecular formula is C15H12Cl2O2. The number of carbonyl (C=O) groups is 1. The van der Waals surface area contributed by atoms with Crippen molar-refractivity contribution in [1.82, 2.24) is 0 Å². The number of ether oxygens (including phenoxy) is 1. The van der Waals surface area contributed by atoms with Gasteiger partial charge in [-0.1, -0.05) is 35.3 Å². The minimum atomic E-state index is -0.175. The highest BCUT2D eigenvalue weighted by atomic mass is 35.5. The van der Waals surface area contributed by atoms with Gasteiger partial charge in [-0.2, -0.15) is 0 Å². The first kappa shape index (κ1) is 13.9. The van der Waals surface area contributed by atoms with Crippen LogP contribution in [0.15, 0.2) is 42.5 Å². The Bertz CT molecular complexity index is 609. The maximum atomic E-state index is 12.5. The molecule has 2 aromatic rings. The zero-order chi connectivity index (χ0) is 13.8. The molecule has 0 aliphatic rings. The molecule has 0 unspecified atom stereocenters. The Hall–Kier alpha value is -1.51. The smallest absolute Gasteiger partial charge is 0.198 e. The summed E-state index contributed by atoms with van der Waals surface area (Å²) in [5, 5.41) is 0.837. The van der Waals surface area contributed by atoms with E-state index in [1.165, 1.54) is 0 Å². The van der Waals surface area contributed by atoms with Crippen molar-refractivity contribution in [3.05, 3.63) is 63.6 Å². The van der Waals surface area contributed by atoms with Crippen LogP contribution in [-0.4, -0.2) is 12.4 Å². The monoisotopic (exact) mass is 294 g/mol. The summed E-state index contributed by atoms with van der Waals surface area (Å²) in [6.45, 7) is 2.37. The fraction of sp³-hybridized carbons (Fsp3) is 0.133. The summed E-state index contributed by atoms with van der Waals surface area (Å²) in [4.78, 5) is 12.5. The van der Waals surface area contributed by atoms with Gasteiger partial charge in [0.05, 0.1) is 17.2 Å². The summed E-state index contributed by atoms with van der Waals surface area (Å²) in [5.41, 5.74) is 0.909. The Morgan fingerprint density at radius 2 is 1.84 bits per heavy atom. The number of rotatable bonds is 4. The second-order valence-electron chi connectivity index (χ2n) is 3.88. The second-order valence-corrected chi connectivity index (χ2v) is 4.73. The highest BCUT2D eigenvalue weighted by Gasteiger charge is 2.17. The normalized spacial score (nSPS) is 10.3. The molecule has 0 saturated heterocycles. The quantitative estimate of drug-likeness (QED) is 0.769. The van der Waals surface area contributed by atoms with Gasteiger partial charge < -0.3 is 4.74 Å². The molecular weight excluding hydrogens is 283 g/mol. The van der Waals surface area contributed by atoms with Gasteiger partial charge in [-0.05, 0) is 37.3 Å². The molecule has 2 rings (SSSR count). The minimum Gasteiger partial charge on any atom is -0.493 e. The van der Waals surface area contributed by atoms with Crippen LogP contribution in [0.4, 0.5) is 0 Å². The average molecular weight is 295 g/mol. The third-order valence-corrected chi connectivity index (χ3v) is 3.16. The molecule has 0 saturated carbocycles. The number of carbonyl (C=O) groups excluding carboxylic acids is 1. The molecule has 2 nitrogen and oxygen atoms in total. The summed E-state index contributed by atoms with van der Waals surface area (Å²) in [7, 11) is 0. The van der Waals surface area contributed by atoms with E-state index >= 15 is 0 Å². The van der Waals surface area contributed by atoms with Crippen molar-refractivity contribution in [2.24, 2.45) is 0 Å². The SMILES string of the molecule is CCOc1ccccc1C(=O)c1ccc(Cl)cc1Cl. The van der Waals surface area contributed by atoms with Crippen molar-refractivity contribution >= 4 is 29.0 Å². The number of hydrogen-bond acceptors (Lipinski definition) is 2. The summed E-state index contributed by atoms with van der Waals surface area (Å²) < 4.78 is 5.45. The summed E-state index contributed by atoms with van der Waals surface area (Å²) in [5.74, 6) is 0.381. The van der Waals surface area contributed by atoms with E-state index in [0.29, 0.717) is 33.5 Å². The molecule has 19 heavy (non-hydrogen) atoms. The van der Waals surface area contributed by atoms with Crippen LogP contribution in [-0.2, 0) is 0 Å². The van der Waals surface area contributed by atoms with Gasteiger partial charge in [0.25, 0.3) is 0 Å². The third-order valence-electron chi connectivity index (χ3n) is 2.61. The largest absolute Gasteiger partial charge is 0.493 e. The van der Waals surface area contributed by atoms with Crippen LogP contribution in [0.1, 0.15) is 22.8 Å². The van der Waals surface area contributed by atoms with Gasteiger partial charge in [0.2, 0.25) is 0 Å². The van der Waals surface area contributed by atoms with E-state index in [1.54, 1.807) is 36.4 Å². The maximum absolute atomic E-state index is 12.5. The molecule has 0 heterocycles. The highest BCUT2D eigenvalue weighted by Crippen LogP contribution is 2.27. The fourth-order valence-electron chi connectivity index (χ4n) is 1.75. The molecule has 0 aromatic heterocycles. The van der Waals surface area contributed by atoms with Gasteiger partial charge in [-0.25, -0.2) is 0 Å². The Kier molecular flexibility index (Phi) is 4.46. The minimum absolute atomic E-state index is 0.175. The summed E-state index contributed by atoms with van der Waals surface area (Å²) >= 11 is 11.9. The van der Waals surface area contributed by atoms with E-state index in [-0.39, 0.29) is 5.78 Å². The lowest BCUT2D eigenvalue weighted by atomic mass is 10.0. The molecule has 0 N–H and O–H groups in total. The summed E-state index contributed by atoms with van der Waals surface area (Å²) in [6.07, 6.45) is 0. The predicted octanol–water partition coefficient (Wildman–Crippen LogP) is 4.62. The summed E-state index contributed by atoms with van der Waals surface area (Å²) in [6, 6.07) is 11.9. The second kappa shape index (κ2) is 6.09. The van der Waals surface area contributed by atoms with Crippen LogP contribution in [0.25, 0.3) is 0 Å². The zero-order valence-corrected chi connectivity index (χ0v) is 11.8. The van der Waals surface area contributed by atoms with Gasteiger partial charge >= 0.3 is 0 Å². The lowest BCUT2D eigenvalue weighted by Crippen LogP contribution is -2.05. The lowest BCUT2D eigenvalue weighted by Gasteiger charge is -2.10. The number of halogens is 2. The predicted molar refractivity (Wildman–Crippen MR) is 77.5 cm³/mol. The number of ketones is 1. The molecule has 0 aliphatic carbocycles. The van der Waals surface area contributed by atoms with E-state index in [2.05, 4.69) is 0 Å². The van der Waals surface area contributed by atoms with Crippen LogP contribution in [0.3, 0.4) is 0 Å². The standard InChI is InChI=1S/C15H12Cl2O2/c1-2-19-14-6-4-3-5-12(14)15(18)11-8-7-10(16)9-13(11)17/h3-9H,2H2,1H3. The first-order valence-corrected chi connectivity index (χ1v) is 6.60. The van der Waals surface area contributed by atoms with Crippen LogP contribution in [0.2, 0.25) is 10.0 Å². The van der Waals surface area contributed by atoms with Crippen LogP contribution in [0.5, 0.6) is 5.75 Å². The van der Waals surface area contributed by atoms with Gasteiger partial charge in [0.15, 0.2) is 5.78 Å². The molecule has 0 aliphatic heterocycles. The molecule has 98 valence electrons. The number of para-hydroxylation sites is 1. The Morgan fingerprint density at radius 3 is 2.53 bits per heavy atom. The van der Waals surface area contributed by atoms with Gasteiger partial charge in [-0.3, -0.25) is 4.79 Å². The van der Waals surface area contributed by atoms with E-state index in [4.69, 9.17) is 27.9 Å². The topological polar surface area (TPSA) is 26.3 Å². The molecule has 4 heteroatoms. The first-order chi connectivity index (χ1) is 9.13. The van der Waals surface area contributed by atoms with Gasteiger partial charge in [0, 0.05) is 10.6 Å². The van der Waals surface area contributed by atoms with Crippen LogP contribution in [0, 0.1) is 0 Å². The molecule has 0 fully saturated rings. The Balaban J connectivity index is 2.44. The van der Waals surface area contributed by atoms with E-state index in [0.717, 1.165) is 0 Å². The molecule has 0 radical (unpaired) electrons. The van der Waals surface area contributed by atoms with Crippen molar-refractivity contribution in [1.29, 1.82) is 0 Å². The first-order valence-electron chi connectivity index (χ1n) is 5.85. The maximum Gasteiger partial charge on any atom is 0.198 e. The highest BCUT2D eigenvalue weighted by molar-refractivity contribution is 6.37. The van der Waals surface area contributed by atoms with Crippen molar-refractivity contribution < 1.29 is 9.53 Å². The number of hydrogen-bond donors (Lipinski definition) is 0. The van der Waals surface area contributed by atoms with Crippen molar-refractivity contribution in [2.45, 2.75) is 6.92 Å². The van der Waals surface area contributed by atoms with E-state index < -0.39 is 0 Å². The molecule has 0 bridgehead atoms. The van der Waals surface area contributed by atoms with Gasteiger partial charge in [-0.15, -0.1) is 0 Å². The molecule has 0 spiro atoms. The average Bonchev–Trinajstić information content (AvgIpc) is 2.39. The molecule has 2 aromatic carbocycles. The van der Waals surface area contributed by atoms with Crippen molar-refractivity contribution in [3.63, 3.8) is 0 Å². The van der Waals surface area contributed by atoms with E-state index in [1.807, 2.05) is 13.0 Å². The van der Waals surface area contributed by atoms with Crippen LogP contribution < -0.4 is 4.74 Å². The molecule has 0 atom stereocenters. The van der Waals surface area contributed by atoms with Crippen LogP contribution >= 0.6 is 23.2 Å².